The van der Waals surface area contributed by atoms with Crippen LogP contribution < -0.4 is 5.73 Å². The van der Waals surface area contributed by atoms with Gasteiger partial charge in [-0.1, -0.05) is 6.42 Å². The summed E-state index contributed by atoms with van der Waals surface area (Å²) in [7, 11) is 2.18. The first-order chi connectivity index (χ1) is 8.00. The molecule has 0 heterocycles. The van der Waals surface area contributed by atoms with E-state index in [1.807, 2.05) is 6.92 Å². The molecule has 0 aromatic carbocycles. The lowest BCUT2D eigenvalue weighted by Crippen LogP contribution is -2.39. The van der Waals surface area contributed by atoms with Crippen molar-refractivity contribution in [3.63, 3.8) is 0 Å². The highest BCUT2D eigenvalue weighted by molar-refractivity contribution is 4.91. The molecule has 2 fully saturated rings. The zero-order chi connectivity index (χ0) is 12.5. The molecule has 0 amide bonds. The van der Waals surface area contributed by atoms with Crippen molar-refractivity contribution in [2.45, 2.75) is 44.6 Å². The summed E-state index contributed by atoms with van der Waals surface area (Å²) in [6.07, 6.45) is 6.65. The van der Waals surface area contributed by atoms with Gasteiger partial charge in [0.05, 0.1) is 5.60 Å². The molecule has 0 aromatic heterocycles. The Kier molecular flexibility index (Phi) is 4.11. The molecule has 4 atom stereocenters. The molecule has 17 heavy (non-hydrogen) atoms. The van der Waals surface area contributed by atoms with Gasteiger partial charge in [-0.2, -0.15) is 0 Å². The number of hydrogen-bond acceptors (Lipinski definition) is 3. The van der Waals surface area contributed by atoms with Crippen molar-refractivity contribution in [1.29, 1.82) is 0 Å². The second kappa shape index (κ2) is 5.25. The van der Waals surface area contributed by atoms with Gasteiger partial charge in [-0.25, -0.2) is 0 Å². The molecule has 2 aliphatic carbocycles. The average Bonchev–Trinajstić information content (AvgIpc) is 2.88. The van der Waals surface area contributed by atoms with Crippen LogP contribution >= 0.6 is 0 Å². The molecule has 4 unspecified atom stereocenters. The van der Waals surface area contributed by atoms with Gasteiger partial charge >= 0.3 is 0 Å². The molecule has 0 saturated heterocycles. The maximum absolute atomic E-state index is 9.89. The molecular formula is C14H28N2O. The third kappa shape index (κ3) is 3.43. The number of rotatable bonds is 6. The minimum atomic E-state index is -0.692. The van der Waals surface area contributed by atoms with E-state index in [0.29, 0.717) is 6.54 Å². The fourth-order valence-corrected chi connectivity index (χ4v) is 3.63. The molecule has 2 aliphatic rings. The van der Waals surface area contributed by atoms with Gasteiger partial charge in [-0.3, -0.25) is 0 Å². The SMILES string of the molecule is CN(CCC(C)(O)CN)CC1CC2CCC1C2. The Labute approximate surface area is 105 Å². The Hall–Kier alpha value is -0.120. The minimum absolute atomic E-state index is 0.356. The summed E-state index contributed by atoms with van der Waals surface area (Å²) in [5, 5.41) is 9.89. The van der Waals surface area contributed by atoms with Gasteiger partial charge in [0.25, 0.3) is 0 Å². The van der Waals surface area contributed by atoms with E-state index in [1.54, 1.807) is 0 Å². The van der Waals surface area contributed by atoms with Gasteiger partial charge in [0, 0.05) is 19.6 Å². The van der Waals surface area contributed by atoms with E-state index in [-0.39, 0.29) is 0 Å². The fraction of sp³-hybridized carbons (Fsp3) is 1.00. The van der Waals surface area contributed by atoms with Gasteiger partial charge in [-0.15, -0.1) is 0 Å². The normalized spacial score (nSPS) is 35.5. The smallest absolute Gasteiger partial charge is 0.0753 e. The lowest BCUT2D eigenvalue weighted by atomic mass is 9.88. The van der Waals surface area contributed by atoms with E-state index < -0.39 is 5.60 Å². The van der Waals surface area contributed by atoms with Crippen LogP contribution in [-0.2, 0) is 0 Å². The average molecular weight is 240 g/mol. The largest absolute Gasteiger partial charge is 0.389 e. The molecule has 100 valence electrons. The minimum Gasteiger partial charge on any atom is -0.389 e. The molecule has 0 aromatic rings. The third-order valence-electron chi connectivity index (χ3n) is 4.90. The number of aliphatic hydroxyl groups is 1. The van der Waals surface area contributed by atoms with Gasteiger partial charge in [0.2, 0.25) is 0 Å². The lowest BCUT2D eigenvalue weighted by molar-refractivity contribution is 0.0478. The summed E-state index contributed by atoms with van der Waals surface area (Å²) in [5.74, 6) is 2.95. The first kappa shape index (κ1) is 13.3. The molecule has 2 rings (SSSR count). The zero-order valence-corrected chi connectivity index (χ0v) is 11.4. The van der Waals surface area contributed by atoms with E-state index in [9.17, 15) is 5.11 Å². The van der Waals surface area contributed by atoms with Crippen molar-refractivity contribution in [2.75, 3.05) is 26.7 Å². The monoisotopic (exact) mass is 240 g/mol. The van der Waals surface area contributed by atoms with Gasteiger partial charge in [0.15, 0.2) is 0 Å². The van der Waals surface area contributed by atoms with Crippen LogP contribution in [0.4, 0.5) is 0 Å². The summed E-state index contributed by atoms with van der Waals surface area (Å²) in [6.45, 7) is 4.35. The Balaban J connectivity index is 1.69. The van der Waals surface area contributed by atoms with Crippen LogP contribution in [0.15, 0.2) is 0 Å². The third-order valence-corrected chi connectivity index (χ3v) is 4.90. The summed E-state index contributed by atoms with van der Waals surface area (Å²) in [4.78, 5) is 2.38. The molecule has 3 N–H and O–H groups in total. The molecule has 3 nitrogen and oxygen atoms in total. The second-order valence-electron chi connectivity index (χ2n) is 6.65. The fourth-order valence-electron chi connectivity index (χ4n) is 3.63. The zero-order valence-electron chi connectivity index (χ0n) is 11.4. The van der Waals surface area contributed by atoms with E-state index in [1.165, 1.54) is 32.2 Å². The maximum atomic E-state index is 9.89. The van der Waals surface area contributed by atoms with Crippen molar-refractivity contribution in [3.8, 4) is 0 Å². The van der Waals surface area contributed by atoms with Crippen molar-refractivity contribution >= 4 is 0 Å². The van der Waals surface area contributed by atoms with Gasteiger partial charge in [0.1, 0.15) is 0 Å². The van der Waals surface area contributed by atoms with Crippen LogP contribution in [0, 0.1) is 17.8 Å². The van der Waals surface area contributed by atoms with Crippen molar-refractivity contribution in [3.05, 3.63) is 0 Å². The van der Waals surface area contributed by atoms with Crippen LogP contribution in [-0.4, -0.2) is 42.3 Å². The van der Waals surface area contributed by atoms with Crippen molar-refractivity contribution in [2.24, 2.45) is 23.5 Å². The van der Waals surface area contributed by atoms with Crippen LogP contribution in [0.3, 0.4) is 0 Å². The standard InChI is InChI=1S/C14H28N2O/c1-14(17,10-15)5-6-16(2)9-13-8-11-3-4-12(13)7-11/h11-13,17H,3-10,15H2,1-2H3. The molecule has 0 spiro atoms. The van der Waals surface area contributed by atoms with Gasteiger partial charge in [-0.05, 0) is 57.4 Å². The highest BCUT2D eigenvalue weighted by Crippen LogP contribution is 2.48. The van der Waals surface area contributed by atoms with E-state index in [2.05, 4.69) is 11.9 Å². The van der Waals surface area contributed by atoms with Crippen LogP contribution in [0.25, 0.3) is 0 Å². The molecule has 0 aliphatic heterocycles. The molecular weight excluding hydrogens is 212 g/mol. The number of nitrogens with two attached hydrogens (primary N) is 1. The summed E-state index contributed by atoms with van der Waals surface area (Å²) >= 11 is 0. The number of fused-ring (bicyclic) bond motifs is 2. The van der Waals surface area contributed by atoms with Crippen LogP contribution in [0.2, 0.25) is 0 Å². The second-order valence-corrected chi connectivity index (χ2v) is 6.65. The predicted molar refractivity (Wildman–Crippen MR) is 70.7 cm³/mol. The maximum Gasteiger partial charge on any atom is 0.0753 e. The number of nitrogens with zero attached hydrogens (tertiary/aromatic N) is 1. The Morgan fingerprint density at radius 3 is 2.65 bits per heavy atom. The first-order valence-electron chi connectivity index (χ1n) is 7.11. The van der Waals surface area contributed by atoms with E-state index in [4.69, 9.17) is 5.73 Å². The Morgan fingerprint density at radius 1 is 1.35 bits per heavy atom. The quantitative estimate of drug-likeness (QED) is 0.739. The van der Waals surface area contributed by atoms with E-state index >= 15 is 0 Å². The summed E-state index contributed by atoms with van der Waals surface area (Å²) in [5.41, 5.74) is 4.85. The lowest BCUT2D eigenvalue weighted by Gasteiger charge is -2.29. The highest BCUT2D eigenvalue weighted by Gasteiger charge is 2.39. The summed E-state index contributed by atoms with van der Waals surface area (Å²) < 4.78 is 0. The molecule has 3 heteroatoms. The Bertz CT molecular complexity index is 255. The first-order valence-corrected chi connectivity index (χ1v) is 7.11. The Morgan fingerprint density at radius 2 is 2.12 bits per heavy atom. The highest BCUT2D eigenvalue weighted by atomic mass is 16.3. The molecule has 2 bridgehead atoms. The molecule has 0 radical (unpaired) electrons. The summed E-state index contributed by atoms with van der Waals surface area (Å²) in [6, 6.07) is 0. The van der Waals surface area contributed by atoms with Crippen LogP contribution in [0.5, 0.6) is 0 Å². The topological polar surface area (TPSA) is 49.5 Å². The van der Waals surface area contributed by atoms with Crippen molar-refractivity contribution < 1.29 is 5.11 Å². The number of hydrogen-bond donors (Lipinski definition) is 2. The van der Waals surface area contributed by atoms with Gasteiger partial charge < -0.3 is 15.7 Å². The van der Waals surface area contributed by atoms with Crippen LogP contribution in [0.1, 0.15) is 39.0 Å². The van der Waals surface area contributed by atoms with Crippen molar-refractivity contribution in [1.82, 2.24) is 4.90 Å². The molecule has 2 saturated carbocycles. The van der Waals surface area contributed by atoms with E-state index in [0.717, 1.165) is 30.7 Å². The predicted octanol–water partition coefficient (Wildman–Crippen LogP) is 1.45.